The molecule has 0 bridgehead atoms. The number of carbonyl (C=O) groups excluding carboxylic acids is 1. The Labute approximate surface area is 197 Å². The van der Waals surface area contributed by atoms with Crippen LogP contribution in [0.25, 0.3) is 0 Å². The van der Waals surface area contributed by atoms with Crippen LogP contribution in [0, 0.1) is 0 Å². The number of hydrogen-bond acceptors (Lipinski definition) is 4. The SMILES string of the molecule is CC(C)c1ccc(NC(=O)COc2ccc(S(=O)(=O)Nc3ccc(Cl)c(Cl)c3)cc2)cc1. The number of anilines is 2. The van der Waals surface area contributed by atoms with Gasteiger partial charge in [0, 0.05) is 5.69 Å². The second-order valence-electron chi connectivity index (χ2n) is 7.32. The molecule has 0 aromatic heterocycles. The van der Waals surface area contributed by atoms with Crippen LogP contribution in [-0.4, -0.2) is 20.9 Å². The first-order valence-corrected chi connectivity index (χ1v) is 12.0. The van der Waals surface area contributed by atoms with Gasteiger partial charge in [-0.3, -0.25) is 9.52 Å². The van der Waals surface area contributed by atoms with Gasteiger partial charge in [0.05, 0.1) is 20.6 Å². The van der Waals surface area contributed by atoms with Gasteiger partial charge in [-0.2, -0.15) is 0 Å². The number of amides is 1. The van der Waals surface area contributed by atoms with Gasteiger partial charge in [-0.05, 0) is 66.1 Å². The van der Waals surface area contributed by atoms with Crippen LogP contribution in [0.3, 0.4) is 0 Å². The summed E-state index contributed by atoms with van der Waals surface area (Å²) in [5.74, 6) is 0.457. The van der Waals surface area contributed by atoms with E-state index in [-0.39, 0.29) is 28.1 Å². The van der Waals surface area contributed by atoms with Crippen molar-refractivity contribution in [3.05, 3.63) is 82.3 Å². The average molecular weight is 493 g/mol. The Morgan fingerprint density at radius 1 is 0.906 bits per heavy atom. The summed E-state index contributed by atoms with van der Waals surface area (Å²) in [6, 6.07) is 17.8. The second kappa shape index (κ2) is 10.3. The van der Waals surface area contributed by atoms with Crippen molar-refractivity contribution in [2.75, 3.05) is 16.6 Å². The van der Waals surface area contributed by atoms with Crippen LogP contribution in [-0.2, 0) is 14.8 Å². The highest BCUT2D eigenvalue weighted by molar-refractivity contribution is 7.92. The van der Waals surface area contributed by atoms with E-state index in [1.807, 2.05) is 24.3 Å². The maximum Gasteiger partial charge on any atom is 0.262 e. The molecule has 32 heavy (non-hydrogen) atoms. The summed E-state index contributed by atoms with van der Waals surface area (Å²) < 4.78 is 33.0. The van der Waals surface area contributed by atoms with Gasteiger partial charge in [0.25, 0.3) is 15.9 Å². The fourth-order valence-corrected chi connectivity index (χ4v) is 4.13. The molecule has 3 aromatic carbocycles. The van der Waals surface area contributed by atoms with E-state index in [2.05, 4.69) is 23.9 Å². The Hall–Kier alpha value is -2.74. The normalized spacial score (nSPS) is 11.3. The molecule has 2 N–H and O–H groups in total. The summed E-state index contributed by atoms with van der Waals surface area (Å²) in [7, 11) is -3.83. The van der Waals surface area contributed by atoms with Crippen molar-refractivity contribution in [2.24, 2.45) is 0 Å². The monoisotopic (exact) mass is 492 g/mol. The van der Waals surface area contributed by atoms with Gasteiger partial charge in [-0.1, -0.05) is 49.2 Å². The largest absolute Gasteiger partial charge is 0.484 e. The van der Waals surface area contributed by atoms with Crippen LogP contribution in [0.1, 0.15) is 25.3 Å². The topological polar surface area (TPSA) is 84.5 Å². The molecule has 0 heterocycles. The fourth-order valence-electron chi connectivity index (χ4n) is 2.79. The molecule has 0 radical (unpaired) electrons. The molecule has 0 spiro atoms. The van der Waals surface area contributed by atoms with E-state index in [4.69, 9.17) is 27.9 Å². The summed E-state index contributed by atoms with van der Waals surface area (Å²) >= 11 is 11.8. The van der Waals surface area contributed by atoms with Gasteiger partial charge in [0.1, 0.15) is 5.75 Å². The number of rotatable bonds is 8. The Balaban J connectivity index is 1.56. The highest BCUT2D eigenvalue weighted by Gasteiger charge is 2.15. The first-order chi connectivity index (χ1) is 15.1. The lowest BCUT2D eigenvalue weighted by Crippen LogP contribution is -2.20. The zero-order valence-electron chi connectivity index (χ0n) is 17.4. The number of benzene rings is 3. The predicted octanol–water partition coefficient (Wildman–Crippen LogP) is 5.94. The molecule has 168 valence electrons. The van der Waals surface area contributed by atoms with Crippen LogP contribution in [0.4, 0.5) is 11.4 Å². The molecule has 0 aliphatic carbocycles. The van der Waals surface area contributed by atoms with E-state index >= 15 is 0 Å². The molecule has 3 rings (SSSR count). The number of nitrogens with one attached hydrogen (secondary N) is 2. The Morgan fingerprint density at radius 3 is 2.12 bits per heavy atom. The summed E-state index contributed by atoms with van der Waals surface area (Å²) in [6.07, 6.45) is 0. The Morgan fingerprint density at radius 2 is 1.53 bits per heavy atom. The lowest BCUT2D eigenvalue weighted by atomic mass is 10.0. The zero-order chi connectivity index (χ0) is 23.3. The van der Waals surface area contributed by atoms with Crippen LogP contribution < -0.4 is 14.8 Å². The van der Waals surface area contributed by atoms with E-state index in [9.17, 15) is 13.2 Å². The van der Waals surface area contributed by atoms with E-state index in [1.54, 1.807) is 0 Å². The molecule has 0 saturated carbocycles. The molecule has 0 atom stereocenters. The van der Waals surface area contributed by atoms with E-state index in [0.717, 1.165) is 0 Å². The maximum atomic E-state index is 12.6. The first kappa shape index (κ1) is 23.9. The highest BCUT2D eigenvalue weighted by atomic mass is 35.5. The summed E-state index contributed by atoms with van der Waals surface area (Å²) in [5, 5.41) is 3.33. The fraction of sp³-hybridized carbons (Fsp3) is 0.174. The minimum Gasteiger partial charge on any atom is -0.484 e. The zero-order valence-corrected chi connectivity index (χ0v) is 19.8. The van der Waals surface area contributed by atoms with Gasteiger partial charge in [0.2, 0.25) is 0 Å². The summed E-state index contributed by atoms with van der Waals surface area (Å²) in [4.78, 5) is 12.2. The Kier molecular flexibility index (Phi) is 7.66. The van der Waals surface area contributed by atoms with Crippen LogP contribution in [0.5, 0.6) is 5.75 Å². The molecule has 3 aromatic rings. The minimum atomic E-state index is -3.83. The number of sulfonamides is 1. The molecule has 0 aliphatic heterocycles. The first-order valence-electron chi connectivity index (χ1n) is 9.74. The quantitative estimate of drug-likeness (QED) is 0.407. The molecule has 0 aliphatic rings. The van der Waals surface area contributed by atoms with Crippen LogP contribution in [0.2, 0.25) is 10.0 Å². The minimum absolute atomic E-state index is 0.0330. The lowest BCUT2D eigenvalue weighted by molar-refractivity contribution is -0.118. The van der Waals surface area contributed by atoms with Crippen LogP contribution >= 0.6 is 23.2 Å². The van der Waals surface area contributed by atoms with Gasteiger partial charge in [0.15, 0.2) is 6.61 Å². The van der Waals surface area contributed by atoms with Crippen LogP contribution in [0.15, 0.2) is 71.6 Å². The van der Waals surface area contributed by atoms with Gasteiger partial charge < -0.3 is 10.1 Å². The molecule has 1 amide bonds. The molecule has 0 saturated heterocycles. The Bertz CT molecular complexity index is 1200. The van der Waals surface area contributed by atoms with Crippen molar-refractivity contribution >= 4 is 50.5 Å². The predicted molar refractivity (Wildman–Crippen MR) is 128 cm³/mol. The second-order valence-corrected chi connectivity index (χ2v) is 9.82. The molecular formula is C23H22Cl2N2O4S. The number of ether oxygens (including phenoxy) is 1. The number of halogens is 2. The highest BCUT2D eigenvalue weighted by Crippen LogP contribution is 2.27. The third kappa shape index (κ3) is 6.38. The van der Waals surface area contributed by atoms with Gasteiger partial charge in [-0.25, -0.2) is 8.42 Å². The van der Waals surface area contributed by atoms with Crippen molar-refractivity contribution < 1.29 is 17.9 Å². The van der Waals surface area contributed by atoms with Gasteiger partial charge in [-0.15, -0.1) is 0 Å². The lowest BCUT2D eigenvalue weighted by Gasteiger charge is -2.11. The maximum absolute atomic E-state index is 12.6. The van der Waals surface area contributed by atoms with Crippen molar-refractivity contribution in [1.82, 2.24) is 0 Å². The molecule has 0 unspecified atom stereocenters. The van der Waals surface area contributed by atoms with E-state index in [0.29, 0.717) is 22.4 Å². The van der Waals surface area contributed by atoms with Gasteiger partial charge >= 0.3 is 0 Å². The molecule has 0 fully saturated rings. The van der Waals surface area contributed by atoms with Crippen molar-refractivity contribution in [1.29, 1.82) is 0 Å². The summed E-state index contributed by atoms with van der Waals surface area (Å²) in [5.41, 5.74) is 2.15. The van der Waals surface area contributed by atoms with Crippen molar-refractivity contribution in [3.63, 3.8) is 0 Å². The standard InChI is InChI=1S/C23H22Cl2N2O4S/c1-15(2)16-3-5-17(6-4-16)26-23(28)14-31-19-8-10-20(11-9-19)32(29,30)27-18-7-12-21(24)22(25)13-18/h3-13,15,27H,14H2,1-2H3,(H,26,28). The smallest absolute Gasteiger partial charge is 0.262 e. The molecule has 6 nitrogen and oxygen atoms in total. The van der Waals surface area contributed by atoms with Crippen molar-refractivity contribution in [2.45, 2.75) is 24.7 Å². The average Bonchev–Trinajstić information content (AvgIpc) is 2.75. The van der Waals surface area contributed by atoms with Crippen molar-refractivity contribution in [3.8, 4) is 5.75 Å². The third-order valence-corrected chi connectivity index (χ3v) is 6.67. The van der Waals surface area contributed by atoms with E-state index < -0.39 is 10.0 Å². The third-order valence-electron chi connectivity index (χ3n) is 4.54. The molecular weight excluding hydrogens is 471 g/mol. The summed E-state index contributed by atoms with van der Waals surface area (Å²) in [6.45, 7) is 3.99. The molecule has 9 heteroatoms. The number of hydrogen-bond donors (Lipinski definition) is 2. The number of carbonyl (C=O) groups is 1. The van der Waals surface area contributed by atoms with E-state index in [1.165, 1.54) is 48.0 Å².